The lowest BCUT2D eigenvalue weighted by molar-refractivity contribution is -0.136. The largest absolute Gasteiger partial charge is 0.481 e. The molecule has 3 heterocycles. The number of carbonyl (C=O) groups is 2. The number of carbonyl (C=O) groups excluding carboxylic acids is 1. The van der Waals surface area contributed by atoms with Crippen LogP contribution in [-0.4, -0.2) is 45.6 Å². The van der Waals surface area contributed by atoms with E-state index in [0.29, 0.717) is 44.0 Å². The Hall–Kier alpha value is -2.27. The van der Waals surface area contributed by atoms with Crippen molar-refractivity contribution in [3.63, 3.8) is 0 Å². The maximum atomic E-state index is 12.4. The number of hydrogen-bond acceptors (Lipinski definition) is 6. The van der Waals surface area contributed by atoms with Crippen molar-refractivity contribution in [1.82, 2.24) is 9.88 Å². The molecule has 1 N–H and O–H groups in total. The van der Waals surface area contributed by atoms with Gasteiger partial charge in [-0.25, -0.2) is 4.98 Å². The molecule has 0 aromatic carbocycles. The van der Waals surface area contributed by atoms with Crippen LogP contribution < -0.4 is 0 Å². The highest BCUT2D eigenvalue weighted by molar-refractivity contribution is 7.09. The van der Waals surface area contributed by atoms with Crippen LogP contribution in [0.4, 0.5) is 0 Å². The summed E-state index contributed by atoms with van der Waals surface area (Å²) >= 11 is 1.52. The van der Waals surface area contributed by atoms with Crippen LogP contribution in [0.25, 0.3) is 0 Å². The van der Waals surface area contributed by atoms with Gasteiger partial charge in [0.15, 0.2) is 5.66 Å². The highest BCUT2D eigenvalue weighted by Gasteiger charge is 2.39. The number of amides is 1. The fraction of sp³-hybridized carbons (Fsp3) is 0.611. The third-order valence-electron chi connectivity index (χ3n) is 4.89. The lowest BCUT2D eigenvalue weighted by Crippen LogP contribution is -2.38. The van der Waals surface area contributed by atoms with Gasteiger partial charge in [0.05, 0.1) is 17.1 Å². The smallest absolute Gasteiger partial charge is 0.309 e. The van der Waals surface area contributed by atoms with Crippen LogP contribution in [0.15, 0.2) is 15.6 Å². The number of rotatable bonds is 8. The first-order chi connectivity index (χ1) is 12.5. The van der Waals surface area contributed by atoms with Gasteiger partial charge < -0.3 is 10.0 Å². The summed E-state index contributed by atoms with van der Waals surface area (Å²) in [6, 6.07) is 0. The normalized spacial score (nSPS) is 18.5. The molecule has 0 spiro atoms. The van der Waals surface area contributed by atoms with Crippen molar-refractivity contribution < 1.29 is 14.7 Å². The van der Waals surface area contributed by atoms with E-state index < -0.39 is 11.6 Å². The molecular weight excluding hydrogens is 352 g/mol. The van der Waals surface area contributed by atoms with Crippen molar-refractivity contribution in [3.8, 4) is 12.3 Å². The first kappa shape index (κ1) is 18.5. The predicted octanol–water partition coefficient (Wildman–Crippen LogP) is 2.83. The number of aliphatic carboxylic acids is 1. The van der Waals surface area contributed by atoms with Gasteiger partial charge in [0.2, 0.25) is 5.91 Å². The van der Waals surface area contributed by atoms with Crippen molar-refractivity contribution >= 4 is 23.2 Å². The second-order valence-corrected chi connectivity index (χ2v) is 7.68. The molecule has 1 fully saturated rings. The summed E-state index contributed by atoms with van der Waals surface area (Å²) in [5.41, 5.74) is 0.215. The number of piperidine rings is 1. The summed E-state index contributed by atoms with van der Waals surface area (Å²) < 4.78 is 0. The van der Waals surface area contributed by atoms with E-state index in [1.165, 1.54) is 11.3 Å². The van der Waals surface area contributed by atoms with E-state index in [2.05, 4.69) is 21.1 Å². The SMILES string of the molecule is C#CCCC1(CCC(=O)N2CCC(c3nc(CC(=O)O)cs3)CC2)N=N1. The summed E-state index contributed by atoms with van der Waals surface area (Å²) in [7, 11) is 0. The average Bonchev–Trinajstić information content (AvgIpc) is 3.27. The van der Waals surface area contributed by atoms with Crippen LogP contribution in [0.3, 0.4) is 0 Å². The minimum Gasteiger partial charge on any atom is -0.481 e. The van der Waals surface area contributed by atoms with Gasteiger partial charge >= 0.3 is 5.97 Å². The maximum Gasteiger partial charge on any atom is 0.309 e. The van der Waals surface area contributed by atoms with Crippen molar-refractivity contribution in [1.29, 1.82) is 0 Å². The molecule has 8 heteroatoms. The monoisotopic (exact) mass is 374 g/mol. The molecule has 0 aliphatic carbocycles. The van der Waals surface area contributed by atoms with Gasteiger partial charge in [0, 0.05) is 50.1 Å². The average molecular weight is 374 g/mol. The third kappa shape index (κ3) is 4.67. The number of nitrogens with zero attached hydrogens (tertiary/aromatic N) is 4. The summed E-state index contributed by atoms with van der Waals surface area (Å²) in [5, 5.41) is 19.8. The Morgan fingerprint density at radius 2 is 2.08 bits per heavy atom. The van der Waals surface area contributed by atoms with Gasteiger partial charge in [0.25, 0.3) is 0 Å². The molecule has 2 aliphatic heterocycles. The molecule has 138 valence electrons. The Labute approximate surface area is 156 Å². The highest BCUT2D eigenvalue weighted by Crippen LogP contribution is 2.38. The number of carboxylic acid groups (broad SMARTS) is 1. The zero-order chi connectivity index (χ0) is 18.6. The number of hydrogen-bond donors (Lipinski definition) is 1. The van der Waals surface area contributed by atoms with Crippen molar-refractivity contribution in [2.75, 3.05) is 13.1 Å². The van der Waals surface area contributed by atoms with E-state index in [0.717, 1.165) is 24.3 Å². The predicted molar refractivity (Wildman–Crippen MR) is 96.9 cm³/mol. The Balaban J connectivity index is 1.43. The number of thiazole rings is 1. The van der Waals surface area contributed by atoms with E-state index in [-0.39, 0.29) is 12.3 Å². The summed E-state index contributed by atoms with van der Waals surface area (Å²) in [6.07, 6.45) is 9.41. The van der Waals surface area contributed by atoms with E-state index in [9.17, 15) is 9.59 Å². The zero-order valence-electron chi connectivity index (χ0n) is 14.6. The molecule has 1 aromatic heterocycles. The van der Waals surface area contributed by atoms with Crippen LogP contribution in [0.5, 0.6) is 0 Å². The Bertz CT molecular complexity index is 738. The lowest BCUT2D eigenvalue weighted by atomic mass is 9.96. The van der Waals surface area contributed by atoms with Crippen molar-refractivity contribution in [2.45, 2.75) is 56.5 Å². The Morgan fingerprint density at radius 3 is 2.69 bits per heavy atom. The first-order valence-corrected chi connectivity index (χ1v) is 9.71. The molecule has 26 heavy (non-hydrogen) atoms. The van der Waals surface area contributed by atoms with Crippen LogP contribution in [0.1, 0.15) is 55.1 Å². The van der Waals surface area contributed by atoms with Gasteiger partial charge in [-0.2, -0.15) is 10.2 Å². The van der Waals surface area contributed by atoms with Gasteiger partial charge in [-0.3, -0.25) is 9.59 Å². The molecule has 0 saturated carbocycles. The van der Waals surface area contributed by atoms with Gasteiger partial charge in [-0.05, 0) is 12.8 Å². The maximum absolute atomic E-state index is 12.4. The molecule has 1 amide bonds. The second-order valence-electron chi connectivity index (χ2n) is 6.79. The number of likely N-dealkylation sites (tertiary alicyclic amines) is 1. The fourth-order valence-corrected chi connectivity index (χ4v) is 4.25. The quantitative estimate of drug-likeness (QED) is 0.708. The van der Waals surface area contributed by atoms with Gasteiger partial charge in [-0.15, -0.1) is 23.7 Å². The highest BCUT2D eigenvalue weighted by atomic mass is 32.1. The van der Waals surface area contributed by atoms with E-state index in [1.807, 2.05) is 10.3 Å². The zero-order valence-corrected chi connectivity index (χ0v) is 15.4. The summed E-state index contributed by atoms with van der Waals surface area (Å²) in [4.78, 5) is 29.5. The van der Waals surface area contributed by atoms with Crippen LogP contribution in [0.2, 0.25) is 0 Å². The van der Waals surface area contributed by atoms with Crippen molar-refractivity contribution in [2.24, 2.45) is 10.2 Å². The Morgan fingerprint density at radius 1 is 1.35 bits per heavy atom. The minimum absolute atomic E-state index is 0.0363. The molecule has 0 bridgehead atoms. The summed E-state index contributed by atoms with van der Waals surface area (Å²) in [6.45, 7) is 1.42. The van der Waals surface area contributed by atoms with Crippen LogP contribution in [0, 0.1) is 12.3 Å². The molecule has 0 unspecified atom stereocenters. The lowest BCUT2D eigenvalue weighted by Gasteiger charge is -2.31. The summed E-state index contributed by atoms with van der Waals surface area (Å²) in [5.74, 6) is 2.18. The molecule has 3 rings (SSSR count). The van der Waals surface area contributed by atoms with Crippen LogP contribution >= 0.6 is 11.3 Å². The van der Waals surface area contributed by atoms with E-state index in [4.69, 9.17) is 11.5 Å². The molecular formula is C18H22N4O3S. The third-order valence-corrected chi connectivity index (χ3v) is 5.95. The molecule has 0 radical (unpaired) electrons. The molecule has 1 aromatic rings. The van der Waals surface area contributed by atoms with Gasteiger partial charge in [0.1, 0.15) is 0 Å². The first-order valence-electron chi connectivity index (χ1n) is 8.83. The van der Waals surface area contributed by atoms with E-state index in [1.54, 1.807) is 0 Å². The van der Waals surface area contributed by atoms with Crippen LogP contribution in [-0.2, 0) is 16.0 Å². The van der Waals surface area contributed by atoms with Crippen molar-refractivity contribution in [3.05, 3.63) is 16.1 Å². The minimum atomic E-state index is -0.864. The topological polar surface area (TPSA) is 95.2 Å². The number of carboxylic acids is 1. The molecule has 1 saturated heterocycles. The van der Waals surface area contributed by atoms with Gasteiger partial charge in [-0.1, -0.05) is 0 Å². The molecule has 0 atom stereocenters. The number of terminal acetylenes is 1. The Kier molecular flexibility index (Phi) is 5.67. The molecule has 2 aliphatic rings. The van der Waals surface area contributed by atoms with E-state index >= 15 is 0 Å². The second kappa shape index (κ2) is 7.96. The molecule has 7 nitrogen and oxygen atoms in total. The standard InChI is InChI=1S/C18H22N4O3S/c1-2-3-7-18(20-21-18)8-4-15(23)22-9-5-13(6-10-22)17-19-14(12-26-17)11-16(24)25/h1,12-13H,3-11H2,(H,24,25). The number of aromatic nitrogens is 1. The fourth-order valence-electron chi connectivity index (χ4n) is 3.26.